The van der Waals surface area contributed by atoms with Gasteiger partial charge in [0.25, 0.3) is 0 Å². The fourth-order valence-electron chi connectivity index (χ4n) is 5.30. The SMILES string of the molecule is CCn1c(=O)[nH]c2cnc(N[C@@H](C)c3ccc(C(CC4CC4)N4CCN(C(=O)OC(C)(C)C)CC4)cc3)nc21. The molecule has 10 nitrogen and oxygen atoms in total. The van der Waals surface area contributed by atoms with E-state index < -0.39 is 5.60 Å². The van der Waals surface area contributed by atoms with Crippen LogP contribution in [-0.2, 0) is 11.3 Å². The fraction of sp³-hybridized carbons (Fsp3) is 0.586. The number of carbonyl (C=O) groups is 1. The molecule has 1 aliphatic heterocycles. The summed E-state index contributed by atoms with van der Waals surface area (Å²) < 4.78 is 7.19. The van der Waals surface area contributed by atoms with Crippen molar-refractivity contribution in [1.82, 2.24) is 29.3 Å². The lowest BCUT2D eigenvalue weighted by atomic mass is 9.96. The monoisotopic (exact) mass is 535 g/mol. The average Bonchev–Trinajstić information content (AvgIpc) is 3.67. The molecule has 1 aromatic carbocycles. The Bertz CT molecular complexity index is 1350. The number of hydrogen-bond acceptors (Lipinski definition) is 7. The molecule has 2 N–H and O–H groups in total. The molecule has 2 atom stereocenters. The van der Waals surface area contributed by atoms with Crippen molar-refractivity contribution in [3.8, 4) is 0 Å². The number of hydrogen-bond donors (Lipinski definition) is 2. The van der Waals surface area contributed by atoms with Gasteiger partial charge in [-0.1, -0.05) is 37.1 Å². The van der Waals surface area contributed by atoms with Crippen LogP contribution in [0.25, 0.3) is 11.2 Å². The number of benzene rings is 1. The van der Waals surface area contributed by atoms with Crippen LogP contribution in [0, 0.1) is 5.92 Å². The topological polar surface area (TPSA) is 108 Å². The zero-order valence-electron chi connectivity index (χ0n) is 23.7. The average molecular weight is 536 g/mol. The summed E-state index contributed by atoms with van der Waals surface area (Å²) in [4.78, 5) is 40.8. The largest absolute Gasteiger partial charge is 0.444 e. The normalized spacial score (nSPS) is 18.2. The Hall–Kier alpha value is -3.40. The zero-order valence-corrected chi connectivity index (χ0v) is 23.7. The molecular formula is C29H41N7O3. The van der Waals surface area contributed by atoms with Crippen LogP contribution in [0.2, 0.25) is 0 Å². The Balaban J connectivity index is 1.25. The summed E-state index contributed by atoms with van der Waals surface area (Å²) in [6, 6.07) is 9.19. The lowest BCUT2D eigenvalue weighted by molar-refractivity contribution is 0.00941. The summed E-state index contributed by atoms with van der Waals surface area (Å²) in [5.74, 6) is 1.29. The highest BCUT2D eigenvalue weighted by molar-refractivity contribution is 5.71. The van der Waals surface area contributed by atoms with Gasteiger partial charge in [0, 0.05) is 38.8 Å². The van der Waals surface area contributed by atoms with E-state index in [1.807, 2.05) is 32.6 Å². The number of rotatable bonds is 8. The summed E-state index contributed by atoms with van der Waals surface area (Å²) in [7, 11) is 0. The molecule has 0 radical (unpaired) electrons. The number of fused-ring (bicyclic) bond motifs is 1. The minimum atomic E-state index is -0.477. The molecule has 2 aliphatic rings. The van der Waals surface area contributed by atoms with E-state index >= 15 is 0 Å². The van der Waals surface area contributed by atoms with E-state index in [1.54, 1.807) is 10.8 Å². The van der Waals surface area contributed by atoms with E-state index in [4.69, 9.17) is 4.74 Å². The number of H-pyrrole nitrogens is 1. The molecular weight excluding hydrogens is 494 g/mol. The molecule has 10 heteroatoms. The van der Waals surface area contributed by atoms with E-state index in [1.165, 1.54) is 18.4 Å². The third kappa shape index (κ3) is 6.43. The van der Waals surface area contributed by atoms with E-state index in [2.05, 4.69) is 56.4 Å². The number of piperazine rings is 1. The number of nitrogens with zero attached hydrogens (tertiary/aromatic N) is 5. The molecule has 39 heavy (non-hydrogen) atoms. The molecule has 5 rings (SSSR count). The minimum absolute atomic E-state index is 0.00324. The third-order valence-corrected chi connectivity index (χ3v) is 7.65. The molecule has 1 amide bonds. The predicted octanol–water partition coefficient (Wildman–Crippen LogP) is 4.71. The van der Waals surface area contributed by atoms with Crippen LogP contribution < -0.4 is 11.0 Å². The summed E-state index contributed by atoms with van der Waals surface area (Å²) in [5.41, 5.74) is 3.06. The van der Waals surface area contributed by atoms with E-state index in [9.17, 15) is 9.59 Å². The predicted molar refractivity (Wildman–Crippen MR) is 152 cm³/mol. The first-order chi connectivity index (χ1) is 18.6. The fourth-order valence-corrected chi connectivity index (χ4v) is 5.30. The number of anilines is 1. The highest BCUT2D eigenvalue weighted by Gasteiger charge is 2.33. The second-order valence-electron chi connectivity index (χ2n) is 11.8. The van der Waals surface area contributed by atoms with Crippen LogP contribution in [0.15, 0.2) is 35.3 Å². The number of imidazole rings is 1. The number of aryl methyl sites for hydroxylation is 1. The maximum absolute atomic E-state index is 12.5. The van der Waals surface area contributed by atoms with Crippen LogP contribution in [0.3, 0.4) is 0 Å². The number of aromatic nitrogens is 4. The minimum Gasteiger partial charge on any atom is -0.444 e. The maximum Gasteiger partial charge on any atom is 0.410 e. The van der Waals surface area contributed by atoms with Gasteiger partial charge in [0.05, 0.1) is 12.2 Å². The van der Waals surface area contributed by atoms with Crippen LogP contribution in [0.1, 0.15) is 77.1 Å². The molecule has 2 fully saturated rings. The Morgan fingerprint density at radius 3 is 2.41 bits per heavy atom. The quantitative estimate of drug-likeness (QED) is 0.430. The highest BCUT2D eigenvalue weighted by atomic mass is 16.6. The van der Waals surface area contributed by atoms with Crippen molar-refractivity contribution in [2.45, 2.75) is 78.1 Å². The molecule has 1 saturated heterocycles. The van der Waals surface area contributed by atoms with Gasteiger partial charge in [-0.2, -0.15) is 4.98 Å². The number of carbonyl (C=O) groups excluding carboxylic acids is 1. The van der Waals surface area contributed by atoms with Gasteiger partial charge in [-0.3, -0.25) is 9.47 Å². The van der Waals surface area contributed by atoms with Crippen molar-refractivity contribution in [3.05, 3.63) is 52.1 Å². The second-order valence-corrected chi connectivity index (χ2v) is 11.8. The number of ether oxygens (including phenoxy) is 1. The van der Waals surface area contributed by atoms with Gasteiger partial charge < -0.3 is 19.9 Å². The first-order valence-corrected chi connectivity index (χ1v) is 14.1. The lowest BCUT2D eigenvalue weighted by Crippen LogP contribution is -2.50. The first-order valence-electron chi connectivity index (χ1n) is 14.1. The Labute approximate surface area is 229 Å². The molecule has 0 spiro atoms. The van der Waals surface area contributed by atoms with Gasteiger partial charge in [-0.15, -0.1) is 0 Å². The highest BCUT2D eigenvalue weighted by Crippen LogP contribution is 2.40. The Morgan fingerprint density at radius 1 is 1.13 bits per heavy atom. The van der Waals surface area contributed by atoms with Crippen LogP contribution in [0.5, 0.6) is 0 Å². The van der Waals surface area contributed by atoms with Gasteiger partial charge in [0.2, 0.25) is 5.95 Å². The molecule has 3 heterocycles. The number of nitrogens with one attached hydrogen (secondary N) is 2. The van der Waals surface area contributed by atoms with Crippen molar-refractivity contribution in [2.75, 3.05) is 31.5 Å². The van der Waals surface area contributed by atoms with Crippen LogP contribution >= 0.6 is 0 Å². The first kappa shape index (κ1) is 27.2. The molecule has 3 aromatic rings. The zero-order chi connectivity index (χ0) is 27.7. The molecule has 1 saturated carbocycles. The number of aromatic amines is 1. The van der Waals surface area contributed by atoms with E-state index in [-0.39, 0.29) is 17.8 Å². The third-order valence-electron chi connectivity index (χ3n) is 7.65. The van der Waals surface area contributed by atoms with E-state index in [0.29, 0.717) is 42.8 Å². The Morgan fingerprint density at radius 2 is 1.79 bits per heavy atom. The lowest BCUT2D eigenvalue weighted by Gasteiger charge is -2.40. The molecule has 2 aromatic heterocycles. The van der Waals surface area contributed by atoms with Crippen molar-refractivity contribution in [3.63, 3.8) is 0 Å². The molecule has 210 valence electrons. The van der Waals surface area contributed by atoms with E-state index in [0.717, 1.165) is 31.0 Å². The van der Waals surface area contributed by atoms with Crippen molar-refractivity contribution in [2.24, 2.45) is 5.92 Å². The van der Waals surface area contributed by atoms with Gasteiger partial charge in [-0.05, 0) is 58.1 Å². The maximum atomic E-state index is 12.5. The summed E-state index contributed by atoms with van der Waals surface area (Å²) >= 11 is 0. The summed E-state index contributed by atoms with van der Waals surface area (Å²) in [6.07, 6.45) is 5.21. The standard InChI is InChI=1S/C29H41N7O3/c1-6-36-25-23(32-27(36)37)18-30-26(33-25)31-19(2)21-9-11-22(12-10-21)24(17-20-7-8-20)34-13-15-35(16-14-34)28(38)39-29(3,4)5/h9-12,18-20,24H,6-8,13-17H2,1-5H3,(H,32,37)(H,30,31,33)/t19-,24?/m0/s1. The Kier molecular flexibility index (Phi) is 7.66. The second kappa shape index (κ2) is 11.0. The smallest absolute Gasteiger partial charge is 0.410 e. The molecule has 0 bridgehead atoms. The number of amides is 1. The summed E-state index contributed by atoms with van der Waals surface area (Å²) in [6.45, 7) is 13.3. The van der Waals surface area contributed by atoms with Gasteiger partial charge >= 0.3 is 11.8 Å². The van der Waals surface area contributed by atoms with Gasteiger partial charge in [-0.25, -0.2) is 14.6 Å². The van der Waals surface area contributed by atoms with Crippen LogP contribution in [-0.4, -0.2) is 67.2 Å². The van der Waals surface area contributed by atoms with Gasteiger partial charge in [0.1, 0.15) is 11.1 Å². The molecule has 1 aliphatic carbocycles. The van der Waals surface area contributed by atoms with Crippen molar-refractivity contribution < 1.29 is 9.53 Å². The van der Waals surface area contributed by atoms with Crippen molar-refractivity contribution in [1.29, 1.82) is 0 Å². The van der Waals surface area contributed by atoms with Crippen molar-refractivity contribution >= 4 is 23.2 Å². The van der Waals surface area contributed by atoms with Crippen LogP contribution in [0.4, 0.5) is 10.7 Å². The van der Waals surface area contributed by atoms with Gasteiger partial charge in [0.15, 0.2) is 5.65 Å². The summed E-state index contributed by atoms with van der Waals surface area (Å²) in [5, 5.41) is 3.39. The molecule has 1 unspecified atom stereocenters.